The molecule has 3 unspecified atom stereocenters. The highest BCUT2D eigenvalue weighted by molar-refractivity contribution is 5.70. The number of hydrogen-bond donors (Lipinski definition) is 2. The lowest BCUT2D eigenvalue weighted by Gasteiger charge is -2.28. The number of ether oxygens (including phenoxy) is 1. The molecule has 0 aromatic heterocycles. The van der Waals surface area contributed by atoms with Gasteiger partial charge in [-0.2, -0.15) is 0 Å². The molecule has 116 valence electrons. The van der Waals surface area contributed by atoms with Crippen LogP contribution >= 0.6 is 0 Å². The molecule has 2 bridgehead atoms. The molecule has 0 aliphatic carbocycles. The van der Waals surface area contributed by atoms with Crippen LogP contribution in [0.1, 0.15) is 46.5 Å². The third kappa shape index (κ3) is 3.64. The molecule has 5 heteroatoms. The first-order chi connectivity index (χ1) is 9.42. The number of nitrogens with zero attached hydrogens (tertiary/aromatic N) is 1. The van der Waals surface area contributed by atoms with Gasteiger partial charge in [-0.15, -0.1) is 0 Å². The molecule has 2 heterocycles. The Labute approximate surface area is 121 Å². The first-order valence-corrected chi connectivity index (χ1v) is 7.75. The van der Waals surface area contributed by atoms with Gasteiger partial charge < -0.3 is 20.1 Å². The zero-order chi connectivity index (χ0) is 14.8. The highest BCUT2D eigenvalue weighted by Gasteiger charge is 2.49. The van der Waals surface area contributed by atoms with Gasteiger partial charge in [-0.1, -0.05) is 0 Å². The van der Waals surface area contributed by atoms with E-state index in [1.807, 2.05) is 25.7 Å². The summed E-state index contributed by atoms with van der Waals surface area (Å²) in [5.74, 6) is 0.528. The van der Waals surface area contributed by atoms with E-state index in [9.17, 15) is 4.79 Å². The number of aliphatic hydroxyl groups excluding tert-OH is 1. The maximum atomic E-state index is 12.3. The lowest BCUT2D eigenvalue weighted by atomic mass is 9.89. The lowest BCUT2D eigenvalue weighted by Crippen LogP contribution is -2.41. The van der Waals surface area contributed by atoms with E-state index >= 15 is 0 Å². The number of carbonyl (C=O) groups excluding carboxylic acids is 1. The molecular formula is C15H28N2O3. The predicted molar refractivity (Wildman–Crippen MR) is 77.6 cm³/mol. The zero-order valence-electron chi connectivity index (χ0n) is 12.9. The number of amides is 1. The van der Waals surface area contributed by atoms with E-state index in [2.05, 4.69) is 5.32 Å². The van der Waals surface area contributed by atoms with Crippen LogP contribution in [0.4, 0.5) is 4.79 Å². The van der Waals surface area contributed by atoms with Gasteiger partial charge in [0.15, 0.2) is 0 Å². The van der Waals surface area contributed by atoms with E-state index in [0.717, 1.165) is 38.8 Å². The number of rotatable bonds is 5. The van der Waals surface area contributed by atoms with Crippen LogP contribution in [0.15, 0.2) is 0 Å². The summed E-state index contributed by atoms with van der Waals surface area (Å²) in [6.45, 7) is 7.75. The first kappa shape index (κ1) is 15.6. The number of aliphatic hydroxyl groups is 1. The van der Waals surface area contributed by atoms with Crippen LogP contribution in [0.2, 0.25) is 0 Å². The average molecular weight is 284 g/mol. The zero-order valence-corrected chi connectivity index (χ0v) is 12.9. The van der Waals surface area contributed by atoms with Crippen molar-refractivity contribution >= 4 is 6.09 Å². The summed E-state index contributed by atoms with van der Waals surface area (Å²) in [7, 11) is 0. The third-order valence-electron chi connectivity index (χ3n) is 4.19. The van der Waals surface area contributed by atoms with Gasteiger partial charge in [0, 0.05) is 18.7 Å². The van der Waals surface area contributed by atoms with E-state index in [1.165, 1.54) is 0 Å². The van der Waals surface area contributed by atoms with Crippen LogP contribution in [0.3, 0.4) is 0 Å². The van der Waals surface area contributed by atoms with Crippen molar-refractivity contribution < 1.29 is 14.6 Å². The van der Waals surface area contributed by atoms with Crippen LogP contribution in [-0.4, -0.2) is 53.5 Å². The maximum absolute atomic E-state index is 12.3. The van der Waals surface area contributed by atoms with Gasteiger partial charge in [0.1, 0.15) is 5.60 Å². The Bertz CT molecular complexity index is 341. The second-order valence-electron chi connectivity index (χ2n) is 6.96. The number of hydrogen-bond acceptors (Lipinski definition) is 4. The van der Waals surface area contributed by atoms with Crippen LogP contribution in [-0.2, 0) is 4.74 Å². The van der Waals surface area contributed by atoms with Crippen molar-refractivity contribution in [3.05, 3.63) is 0 Å². The number of carbonyl (C=O) groups is 1. The molecule has 3 atom stereocenters. The molecule has 2 aliphatic rings. The van der Waals surface area contributed by atoms with E-state index < -0.39 is 5.60 Å². The molecule has 2 aliphatic heterocycles. The fourth-order valence-corrected chi connectivity index (χ4v) is 3.42. The number of nitrogens with one attached hydrogen (secondary N) is 1. The lowest BCUT2D eigenvalue weighted by molar-refractivity contribution is 0.0205. The second-order valence-corrected chi connectivity index (χ2v) is 6.96. The fourth-order valence-electron chi connectivity index (χ4n) is 3.42. The Hall–Kier alpha value is -0.810. The normalized spacial score (nSPS) is 29.0. The average Bonchev–Trinajstić information content (AvgIpc) is 2.89. The van der Waals surface area contributed by atoms with Gasteiger partial charge >= 0.3 is 6.09 Å². The smallest absolute Gasteiger partial charge is 0.410 e. The third-order valence-corrected chi connectivity index (χ3v) is 4.19. The Morgan fingerprint density at radius 3 is 2.80 bits per heavy atom. The summed E-state index contributed by atoms with van der Waals surface area (Å²) in [6, 6.07) is 0.691. The molecule has 1 amide bonds. The summed E-state index contributed by atoms with van der Waals surface area (Å²) in [5, 5.41) is 12.2. The molecular weight excluding hydrogens is 256 g/mol. The monoisotopic (exact) mass is 284 g/mol. The Kier molecular flexibility index (Phi) is 4.91. The molecule has 2 fully saturated rings. The van der Waals surface area contributed by atoms with Gasteiger partial charge in [0.2, 0.25) is 0 Å². The molecule has 2 saturated heterocycles. The molecule has 2 rings (SSSR count). The number of fused-ring (bicyclic) bond motifs is 2. The molecule has 0 spiro atoms. The largest absolute Gasteiger partial charge is 0.444 e. The van der Waals surface area contributed by atoms with Gasteiger partial charge in [-0.05, 0) is 65.5 Å². The van der Waals surface area contributed by atoms with Gasteiger partial charge in [-0.3, -0.25) is 0 Å². The fraction of sp³-hybridized carbons (Fsp3) is 0.933. The topological polar surface area (TPSA) is 61.8 Å². The van der Waals surface area contributed by atoms with E-state index in [4.69, 9.17) is 9.84 Å². The Morgan fingerprint density at radius 2 is 2.15 bits per heavy atom. The minimum Gasteiger partial charge on any atom is -0.444 e. The standard InChI is InChI=1S/C15H28N2O3/c1-15(2,3)20-14(19)17-12-5-6-13(17)11(9-12)10-16-7-4-8-18/h11-13,16,18H,4-10H2,1-3H3. The SMILES string of the molecule is CC(C)(C)OC(=O)N1C2CCC1C(CNCCCO)C2. The Balaban J connectivity index is 1.85. The van der Waals surface area contributed by atoms with Crippen LogP contribution in [0, 0.1) is 5.92 Å². The van der Waals surface area contributed by atoms with Crippen molar-refractivity contribution in [1.29, 1.82) is 0 Å². The molecule has 0 saturated carbocycles. The summed E-state index contributed by atoms with van der Waals surface area (Å²) in [6.07, 6.45) is 3.92. The molecule has 5 nitrogen and oxygen atoms in total. The molecule has 2 N–H and O–H groups in total. The molecule has 20 heavy (non-hydrogen) atoms. The van der Waals surface area contributed by atoms with E-state index in [0.29, 0.717) is 18.0 Å². The Morgan fingerprint density at radius 1 is 1.40 bits per heavy atom. The predicted octanol–water partition coefficient (Wildman–Crippen LogP) is 1.75. The van der Waals surface area contributed by atoms with Crippen LogP contribution < -0.4 is 5.32 Å². The van der Waals surface area contributed by atoms with Crippen molar-refractivity contribution in [1.82, 2.24) is 10.2 Å². The van der Waals surface area contributed by atoms with Gasteiger partial charge in [0.25, 0.3) is 0 Å². The first-order valence-electron chi connectivity index (χ1n) is 7.75. The molecule has 0 aromatic rings. The van der Waals surface area contributed by atoms with Crippen LogP contribution in [0.5, 0.6) is 0 Å². The molecule has 0 aromatic carbocycles. The highest BCUT2D eigenvalue weighted by atomic mass is 16.6. The minimum absolute atomic E-state index is 0.150. The second kappa shape index (κ2) is 6.31. The van der Waals surface area contributed by atoms with E-state index in [1.54, 1.807) is 0 Å². The summed E-state index contributed by atoms with van der Waals surface area (Å²) in [4.78, 5) is 14.3. The summed E-state index contributed by atoms with van der Waals surface area (Å²) in [5.41, 5.74) is -0.423. The maximum Gasteiger partial charge on any atom is 0.410 e. The summed E-state index contributed by atoms with van der Waals surface area (Å²) < 4.78 is 5.53. The van der Waals surface area contributed by atoms with E-state index in [-0.39, 0.29) is 12.7 Å². The van der Waals surface area contributed by atoms with Crippen molar-refractivity contribution in [3.8, 4) is 0 Å². The highest BCUT2D eigenvalue weighted by Crippen LogP contribution is 2.42. The summed E-state index contributed by atoms with van der Waals surface area (Å²) >= 11 is 0. The van der Waals surface area contributed by atoms with Crippen molar-refractivity contribution in [2.45, 2.75) is 64.1 Å². The molecule has 0 radical (unpaired) electrons. The van der Waals surface area contributed by atoms with Crippen LogP contribution in [0.25, 0.3) is 0 Å². The van der Waals surface area contributed by atoms with Gasteiger partial charge in [-0.25, -0.2) is 4.79 Å². The quantitative estimate of drug-likeness (QED) is 0.755. The minimum atomic E-state index is -0.423. The van der Waals surface area contributed by atoms with Crippen molar-refractivity contribution in [3.63, 3.8) is 0 Å². The van der Waals surface area contributed by atoms with Crippen molar-refractivity contribution in [2.75, 3.05) is 19.7 Å². The van der Waals surface area contributed by atoms with Crippen molar-refractivity contribution in [2.24, 2.45) is 5.92 Å². The van der Waals surface area contributed by atoms with Gasteiger partial charge in [0.05, 0.1) is 0 Å².